The molecule has 2 aliphatic carbocycles. The highest BCUT2D eigenvalue weighted by atomic mass is 19.2. The van der Waals surface area contributed by atoms with Crippen molar-refractivity contribution in [1.29, 1.82) is 0 Å². The van der Waals surface area contributed by atoms with E-state index < -0.39 is 11.6 Å². The predicted octanol–water partition coefficient (Wildman–Crippen LogP) is 7.08. The minimum absolute atomic E-state index is 0.00171. The van der Waals surface area contributed by atoms with E-state index in [1.807, 2.05) is 6.08 Å². The van der Waals surface area contributed by atoms with Crippen molar-refractivity contribution in [2.45, 2.75) is 70.6 Å². The number of rotatable bonds is 9. The number of halogens is 2. The van der Waals surface area contributed by atoms with Crippen LogP contribution in [0.5, 0.6) is 11.5 Å². The quantitative estimate of drug-likeness (QED) is 0.418. The van der Waals surface area contributed by atoms with Crippen molar-refractivity contribution in [3.63, 3.8) is 0 Å². The molecule has 2 saturated carbocycles. The van der Waals surface area contributed by atoms with Crippen LogP contribution in [0, 0.1) is 29.4 Å². The molecule has 0 spiro atoms. The maximum atomic E-state index is 14.4. The summed E-state index contributed by atoms with van der Waals surface area (Å²) in [4.78, 5) is 0. The van der Waals surface area contributed by atoms with Crippen LogP contribution in [0.15, 0.2) is 24.8 Å². The van der Waals surface area contributed by atoms with Crippen LogP contribution in [0.2, 0.25) is 0 Å². The second kappa shape index (κ2) is 10.8. The van der Waals surface area contributed by atoms with E-state index in [0.717, 1.165) is 38.0 Å². The van der Waals surface area contributed by atoms with E-state index >= 15 is 0 Å². The highest BCUT2D eigenvalue weighted by molar-refractivity contribution is 5.35. The molecule has 0 atom stereocenters. The van der Waals surface area contributed by atoms with Crippen LogP contribution in [-0.4, -0.2) is 13.2 Å². The first-order valence-corrected chi connectivity index (χ1v) is 11.0. The van der Waals surface area contributed by atoms with Crippen LogP contribution >= 0.6 is 0 Å². The van der Waals surface area contributed by atoms with Crippen molar-refractivity contribution in [3.8, 4) is 11.5 Å². The highest BCUT2D eigenvalue weighted by Gasteiger charge is 2.23. The normalized spacial score (nSPS) is 23.4. The van der Waals surface area contributed by atoms with Crippen LogP contribution < -0.4 is 9.47 Å². The SMILES string of the molecule is C=CCCC1CCC(COc2ccc(OCC3CCCCC3)c(F)c2F)CC1. The Bertz CT molecular complexity index is 617. The molecule has 2 aliphatic rings. The van der Waals surface area contributed by atoms with Gasteiger partial charge in [-0.25, -0.2) is 0 Å². The number of benzene rings is 1. The minimum Gasteiger partial charge on any atom is -0.490 e. The third-order valence-corrected chi connectivity index (χ3v) is 6.43. The molecule has 0 radical (unpaired) electrons. The van der Waals surface area contributed by atoms with Gasteiger partial charge in [0, 0.05) is 0 Å². The van der Waals surface area contributed by atoms with Crippen molar-refractivity contribution in [2.75, 3.05) is 13.2 Å². The van der Waals surface area contributed by atoms with Gasteiger partial charge in [0.15, 0.2) is 11.5 Å². The standard InChI is InChI=1S/C24H34F2O2/c1-2-3-7-18-10-12-20(13-11-18)17-28-22-15-14-21(23(25)24(22)26)27-16-19-8-5-4-6-9-19/h2,14-15,18-20H,1,3-13,16-17H2. The molecular formula is C24H34F2O2. The predicted molar refractivity (Wildman–Crippen MR) is 109 cm³/mol. The maximum Gasteiger partial charge on any atom is 0.204 e. The van der Waals surface area contributed by atoms with Crippen molar-refractivity contribution >= 4 is 0 Å². The van der Waals surface area contributed by atoms with E-state index in [9.17, 15) is 8.78 Å². The summed E-state index contributed by atoms with van der Waals surface area (Å²) in [7, 11) is 0. The molecule has 156 valence electrons. The summed E-state index contributed by atoms with van der Waals surface area (Å²) < 4.78 is 40.0. The van der Waals surface area contributed by atoms with E-state index in [2.05, 4.69) is 6.58 Å². The van der Waals surface area contributed by atoms with Gasteiger partial charge in [0.2, 0.25) is 11.6 Å². The van der Waals surface area contributed by atoms with E-state index in [1.54, 1.807) is 0 Å². The Morgan fingerprint density at radius 2 is 1.29 bits per heavy atom. The lowest BCUT2D eigenvalue weighted by molar-refractivity contribution is 0.172. The fraction of sp³-hybridized carbons (Fsp3) is 0.667. The van der Waals surface area contributed by atoms with Gasteiger partial charge in [-0.2, -0.15) is 8.78 Å². The first kappa shape index (κ1) is 21.1. The second-order valence-corrected chi connectivity index (χ2v) is 8.57. The van der Waals surface area contributed by atoms with Crippen LogP contribution in [0.3, 0.4) is 0 Å². The lowest BCUT2D eigenvalue weighted by atomic mass is 9.80. The molecular weight excluding hydrogens is 358 g/mol. The number of allylic oxidation sites excluding steroid dienone is 1. The average molecular weight is 393 g/mol. The Morgan fingerprint density at radius 1 is 0.786 bits per heavy atom. The fourth-order valence-electron chi connectivity index (χ4n) is 4.55. The summed E-state index contributed by atoms with van der Waals surface area (Å²) >= 11 is 0. The van der Waals surface area contributed by atoms with Gasteiger partial charge in [-0.05, 0) is 68.4 Å². The summed E-state index contributed by atoms with van der Waals surface area (Å²) in [5.41, 5.74) is 0. The Labute approximate surface area is 168 Å². The van der Waals surface area contributed by atoms with E-state index in [0.29, 0.717) is 25.0 Å². The molecule has 1 aromatic rings. The first-order chi connectivity index (χ1) is 13.7. The number of hydrogen-bond donors (Lipinski definition) is 0. The zero-order chi connectivity index (χ0) is 19.8. The van der Waals surface area contributed by atoms with Crippen LogP contribution in [-0.2, 0) is 0 Å². The molecule has 0 aromatic heterocycles. The molecule has 3 rings (SSSR count). The average Bonchev–Trinajstić information content (AvgIpc) is 2.74. The molecule has 28 heavy (non-hydrogen) atoms. The fourth-order valence-corrected chi connectivity index (χ4v) is 4.55. The summed E-state index contributed by atoms with van der Waals surface area (Å²) in [6.45, 7) is 4.70. The van der Waals surface area contributed by atoms with Crippen molar-refractivity contribution in [2.24, 2.45) is 17.8 Å². The monoisotopic (exact) mass is 392 g/mol. The molecule has 2 fully saturated rings. The molecule has 4 heteroatoms. The second-order valence-electron chi connectivity index (χ2n) is 8.57. The van der Waals surface area contributed by atoms with Crippen LogP contribution in [0.25, 0.3) is 0 Å². The van der Waals surface area contributed by atoms with Crippen molar-refractivity contribution in [3.05, 3.63) is 36.4 Å². The van der Waals surface area contributed by atoms with Gasteiger partial charge in [-0.3, -0.25) is 0 Å². The summed E-state index contributed by atoms with van der Waals surface area (Å²) in [5.74, 6) is -0.223. The molecule has 0 amide bonds. The summed E-state index contributed by atoms with van der Waals surface area (Å²) in [6, 6.07) is 3.01. The molecule has 0 heterocycles. The van der Waals surface area contributed by atoms with Gasteiger partial charge < -0.3 is 9.47 Å². The molecule has 0 bridgehead atoms. The Hall–Kier alpha value is -1.58. The maximum absolute atomic E-state index is 14.4. The molecule has 2 nitrogen and oxygen atoms in total. The number of hydrogen-bond acceptors (Lipinski definition) is 2. The molecule has 0 aliphatic heterocycles. The lowest BCUT2D eigenvalue weighted by Gasteiger charge is -2.28. The first-order valence-electron chi connectivity index (χ1n) is 11.0. The van der Waals surface area contributed by atoms with Gasteiger partial charge >= 0.3 is 0 Å². The topological polar surface area (TPSA) is 18.5 Å². The van der Waals surface area contributed by atoms with Crippen LogP contribution in [0.4, 0.5) is 8.78 Å². The molecule has 0 saturated heterocycles. The summed E-state index contributed by atoms with van der Waals surface area (Å²) in [6.07, 6.45) is 14.7. The molecule has 0 N–H and O–H groups in total. The molecule has 1 aromatic carbocycles. The zero-order valence-electron chi connectivity index (χ0n) is 16.9. The Kier molecular flexibility index (Phi) is 8.17. The minimum atomic E-state index is -0.930. The molecule has 0 unspecified atom stereocenters. The smallest absolute Gasteiger partial charge is 0.204 e. The van der Waals surface area contributed by atoms with Gasteiger partial charge in [0.05, 0.1) is 13.2 Å². The summed E-state index contributed by atoms with van der Waals surface area (Å²) in [5, 5.41) is 0. The van der Waals surface area contributed by atoms with E-state index in [-0.39, 0.29) is 11.5 Å². The largest absolute Gasteiger partial charge is 0.490 e. The Morgan fingerprint density at radius 3 is 1.82 bits per heavy atom. The van der Waals surface area contributed by atoms with Gasteiger partial charge in [0.25, 0.3) is 0 Å². The highest BCUT2D eigenvalue weighted by Crippen LogP contribution is 2.34. The van der Waals surface area contributed by atoms with Crippen LogP contribution in [0.1, 0.15) is 70.6 Å². The zero-order valence-corrected chi connectivity index (χ0v) is 16.9. The third-order valence-electron chi connectivity index (χ3n) is 6.43. The van der Waals surface area contributed by atoms with Gasteiger partial charge in [-0.1, -0.05) is 38.2 Å². The van der Waals surface area contributed by atoms with Crippen molar-refractivity contribution < 1.29 is 18.3 Å². The third kappa shape index (κ3) is 5.96. The Balaban J connectivity index is 1.45. The van der Waals surface area contributed by atoms with Crippen molar-refractivity contribution in [1.82, 2.24) is 0 Å². The van der Waals surface area contributed by atoms with Gasteiger partial charge in [-0.15, -0.1) is 6.58 Å². The van der Waals surface area contributed by atoms with E-state index in [4.69, 9.17) is 9.47 Å². The van der Waals surface area contributed by atoms with Gasteiger partial charge in [0.1, 0.15) is 0 Å². The lowest BCUT2D eigenvalue weighted by Crippen LogP contribution is -2.20. The van der Waals surface area contributed by atoms with E-state index in [1.165, 1.54) is 50.7 Å². The number of ether oxygens (including phenoxy) is 2.